The molecule has 0 bridgehead atoms. The van der Waals surface area contributed by atoms with Gasteiger partial charge in [0.15, 0.2) is 0 Å². The number of hydrogen-bond acceptors (Lipinski definition) is 4. The van der Waals surface area contributed by atoms with Crippen LogP contribution in [-0.4, -0.2) is 44.6 Å². The van der Waals surface area contributed by atoms with Crippen LogP contribution in [0.25, 0.3) is 0 Å². The van der Waals surface area contributed by atoms with E-state index in [9.17, 15) is 9.59 Å². The molecular weight excluding hydrogens is 306 g/mol. The highest BCUT2D eigenvalue weighted by atomic mass is 16.5. The molecule has 2 amide bonds. The van der Waals surface area contributed by atoms with E-state index in [1.807, 2.05) is 27.8 Å². The summed E-state index contributed by atoms with van der Waals surface area (Å²) in [5, 5.41) is 8.71. The number of amides is 2. The second kappa shape index (κ2) is 10.6. The molecule has 0 spiro atoms. The molecule has 0 saturated carbocycles. The molecule has 3 N–H and O–H groups in total. The zero-order valence-electron chi connectivity index (χ0n) is 15.0. The molecule has 1 aromatic carbocycles. The van der Waals surface area contributed by atoms with Crippen LogP contribution >= 0.6 is 0 Å². The minimum atomic E-state index is -0.557. The van der Waals surface area contributed by atoms with Gasteiger partial charge in [-0.3, -0.25) is 9.59 Å². The molecule has 0 saturated heterocycles. The Balaban J connectivity index is 2.63. The smallest absolute Gasteiger partial charge is 0.251 e. The van der Waals surface area contributed by atoms with Gasteiger partial charge in [0.25, 0.3) is 5.91 Å². The molecule has 1 atom stereocenters. The third kappa shape index (κ3) is 6.58. The van der Waals surface area contributed by atoms with Crippen LogP contribution in [0.1, 0.15) is 37.6 Å². The van der Waals surface area contributed by atoms with Crippen LogP contribution in [0, 0.1) is 5.92 Å². The predicted octanol–water partition coefficient (Wildman–Crippen LogP) is 1.57. The summed E-state index contributed by atoms with van der Waals surface area (Å²) in [7, 11) is 1.87. The Kier molecular flexibility index (Phi) is 8.86. The summed E-state index contributed by atoms with van der Waals surface area (Å²) in [5.74, 6) is 0.306. The highest BCUT2D eigenvalue weighted by Gasteiger charge is 2.24. The van der Waals surface area contributed by atoms with E-state index >= 15 is 0 Å². The SMILES string of the molecule is CCOc1ccc(C(=O)NC(C(=O)NCCCNC)C(C)C)cc1. The van der Waals surface area contributed by atoms with Crippen LogP contribution in [0.4, 0.5) is 0 Å². The molecule has 1 rings (SSSR count). The average molecular weight is 335 g/mol. The fraction of sp³-hybridized carbons (Fsp3) is 0.556. The van der Waals surface area contributed by atoms with Crippen LogP contribution in [0.2, 0.25) is 0 Å². The van der Waals surface area contributed by atoms with Crippen LogP contribution in [-0.2, 0) is 4.79 Å². The standard InChI is InChI=1S/C18H29N3O3/c1-5-24-15-9-7-14(8-10-15)17(22)21-16(13(2)3)18(23)20-12-6-11-19-4/h7-10,13,16,19H,5-6,11-12H2,1-4H3,(H,20,23)(H,21,22). The van der Waals surface area contributed by atoms with Gasteiger partial charge in [0, 0.05) is 12.1 Å². The molecule has 1 aromatic rings. The summed E-state index contributed by atoms with van der Waals surface area (Å²) in [4.78, 5) is 24.7. The lowest BCUT2D eigenvalue weighted by Gasteiger charge is -2.22. The van der Waals surface area contributed by atoms with Gasteiger partial charge in [-0.25, -0.2) is 0 Å². The molecule has 0 radical (unpaired) electrons. The van der Waals surface area contributed by atoms with Crippen molar-refractivity contribution in [1.29, 1.82) is 0 Å². The van der Waals surface area contributed by atoms with E-state index in [-0.39, 0.29) is 17.7 Å². The van der Waals surface area contributed by atoms with Crippen molar-refractivity contribution < 1.29 is 14.3 Å². The van der Waals surface area contributed by atoms with Gasteiger partial charge in [0.05, 0.1) is 6.61 Å². The van der Waals surface area contributed by atoms with Crippen molar-refractivity contribution in [2.75, 3.05) is 26.7 Å². The van der Waals surface area contributed by atoms with Crippen LogP contribution in [0.15, 0.2) is 24.3 Å². The summed E-state index contributed by atoms with van der Waals surface area (Å²) in [6.07, 6.45) is 0.847. The molecule has 0 heterocycles. The van der Waals surface area contributed by atoms with Gasteiger partial charge in [-0.1, -0.05) is 13.8 Å². The minimum Gasteiger partial charge on any atom is -0.494 e. The Morgan fingerprint density at radius 3 is 2.33 bits per heavy atom. The van der Waals surface area contributed by atoms with Crippen molar-refractivity contribution in [3.05, 3.63) is 29.8 Å². The first-order chi connectivity index (χ1) is 11.5. The van der Waals surface area contributed by atoms with E-state index in [4.69, 9.17) is 4.74 Å². The summed E-state index contributed by atoms with van der Waals surface area (Å²) in [6, 6.07) is 6.34. The lowest BCUT2D eigenvalue weighted by Crippen LogP contribution is -2.50. The quantitative estimate of drug-likeness (QED) is 0.567. The predicted molar refractivity (Wildman–Crippen MR) is 95.3 cm³/mol. The van der Waals surface area contributed by atoms with E-state index in [1.165, 1.54) is 0 Å². The van der Waals surface area contributed by atoms with Crippen LogP contribution in [0.5, 0.6) is 5.75 Å². The van der Waals surface area contributed by atoms with E-state index in [0.717, 1.165) is 18.7 Å². The first kappa shape index (κ1) is 20.0. The Hall–Kier alpha value is -2.08. The molecule has 24 heavy (non-hydrogen) atoms. The summed E-state index contributed by atoms with van der Waals surface area (Å²) < 4.78 is 5.36. The minimum absolute atomic E-state index is 0.000878. The molecule has 0 aliphatic carbocycles. The van der Waals surface area contributed by atoms with E-state index in [2.05, 4.69) is 16.0 Å². The molecule has 0 aliphatic rings. The van der Waals surface area contributed by atoms with Gasteiger partial charge >= 0.3 is 0 Å². The maximum atomic E-state index is 12.4. The molecule has 6 nitrogen and oxygen atoms in total. The third-order valence-electron chi connectivity index (χ3n) is 3.57. The number of rotatable bonds is 10. The molecular formula is C18H29N3O3. The number of benzene rings is 1. The highest BCUT2D eigenvalue weighted by Crippen LogP contribution is 2.12. The van der Waals surface area contributed by atoms with Crippen molar-refractivity contribution in [2.24, 2.45) is 5.92 Å². The topological polar surface area (TPSA) is 79.5 Å². The number of hydrogen-bond donors (Lipinski definition) is 3. The Bertz CT molecular complexity index is 515. The summed E-state index contributed by atoms with van der Waals surface area (Å²) in [6.45, 7) is 7.73. The maximum Gasteiger partial charge on any atom is 0.251 e. The third-order valence-corrected chi connectivity index (χ3v) is 3.57. The Morgan fingerprint density at radius 2 is 1.79 bits per heavy atom. The molecule has 0 aromatic heterocycles. The second-order valence-electron chi connectivity index (χ2n) is 5.90. The fourth-order valence-electron chi connectivity index (χ4n) is 2.22. The highest BCUT2D eigenvalue weighted by molar-refractivity contribution is 5.97. The van der Waals surface area contributed by atoms with E-state index in [1.54, 1.807) is 24.3 Å². The fourth-order valence-corrected chi connectivity index (χ4v) is 2.22. The van der Waals surface area contributed by atoms with Crippen LogP contribution < -0.4 is 20.7 Å². The monoisotopic (exact) mass is 335 g/mol. The number of nitrogens with one attached hydrogen (secondary N) is 3. The number of carbonyl (C=O) groups excluding carboxylic acids is 2. The first-order valence-electron chi connectivity index (χ1n) is 8.45. The molecule has 1 unspecified atom stereocenters. The lowest BCUT2D eigenvalue weighted by molar-refractivity contribution is -0.123. The number of carbonyl (C=O) groups is 2. The molecule has 6 heteroatoms. The van der Waals surface area contributed by atoms with Gasteiger partial charge in [0.1, 0.15) is 11.8 Å². The van der Waals surface area contributed by atoms with E-state index in [0.29, 0.717) is 18.7 Å². The largest absolute Gasteiger partial charge is 0.494 e. The van der Waals surface area contributed by atoms with Gasteiger partial charge in [-0.05, 0) is 57.1 Å². The molecule has 0 fully saturated rings. The Labute approximate surface area is 144 Å². The van der Waals surface area contributed by atoms with Crippen molar-refractivity contribution >= 4 is 11.8 Å². The van der Waals surface area contributed by atoms with Crippen molar-refractivity contribution in [3.8, 4) is 5.75 Å². The first-order valence-corrected chi connectivity index (χ1v) is 8.45. The van der Waals surface area contributed by atoms with Gasteiger partial charge < -0.3 is 20.7 Å². The van der Waals surface area contributed by atoms with Gasteiger partial charge in [-0.2, -0.15) is 0 Å². The summed E-state index contributed by atoms with van der Waals surface area (Å²) >= 11 is 0. The number of ether oxygens (including phenoxy) is 1. The summed E-state index contributed by atoms with van der Waals surface area (Å²) in [5.41, 5.74) is 0.507. The maximum absolute atomic E-state index is 12.4. The van der Waals surface area contributed by atoms with E-state index < -0.39 is 6.04 Å². The zero-order chi connectivity index (χ0) is 17.9. The van der Waals surface area contributed by atoms with Crippen LogP contribution in [0.3, 0.4) is 0 Å². The van der Waals surface area contributed by atoms with Crippen molar-refractivity contribution in [1.82, 2.24) is 16.0 Å². The van der Waals surface area contributed by atoms with Gasteiger partial charge in [0.2, 0.25) is 5.91 Å². The average Bonchev–Trinajstić information content (AvgIpc) is 2.57. The Morgan fingerprint density at radius 1 is 1.12 bits per heavy atom. The zero-order valence-corrected chi connectivity index (χ0v) is 15.0. The lowest BCUT2D eigenvalue weighted by atomic mass is 10.0. The molecule has 0 aliphatic heterocycles. The van der Waals surface area contributed by atoms with Crippen molar-refractivity contribution in [3.63, 3.8) is 0 Å². The van der Waals surface area contributed by atoms with Gasteiger partial charge in [-0.15, -0.1) is 0 Å². The molecule has 134 valence electrons. The van der Waals surface area contributed by atoms with Crippen molar-refractivity contribution in [2.45, 2.75) is 33.2 Å². The second-order valence-corrected chi connectivity index (χ2v) is 5.90. The normalized spacial score (nSPS) is 11.9.